The molecule has 3 aromatic rings. The summed E-state index contributed by atoms with van der Waals surface area (Å²) in [6.07, 6.45) is 9.47. The fourth-order valence-electron chi connectivity index (χ4n) is 7.81. The van der Waals surface area contributed by atoms with Crippen LogP contribution < -0.4 is 10.2 Å². The third-order valence-corrected chi connectivity index (χ3v) is 10.2. The van der Waals surface area contributed by atoms with E-state index in [0.29, 0.717) is 49.4 Å². The number of β-amino-alcohol motifs (C(OH)–C–C–N with tert-alkyl or cyclic N) is 1. The molecule has 8 rings (SSSR count). The van der Waals surface area contributed by atoms with E-state index in [4.69, 9.17) is 19.7 Å². The van der Waals surface area contributed by atoms with Crippen LogP contribution in [0.3, 0.4) is 0 Å². The summed E-state index contributed by atoms with van der Waals surface area (Å²) in [7, 11) is 0. The summed E-state index contributed by atoms with van der Waals surface area (Å²) < 4.78 is 5.47. The van der Waals surface area contributed by atoms with Gasteiger partial charge in [0.05, 0.1) is 31.4 Å². The molecule has 11 heteroatoms. The largest absolute Gasteiger partial charge is 0.395 e. The number of aliphatic hydroxyl groups excluding tert-OH is 1. The molecule has 0 radical (unpaired) electrons. The molecule has 0 aromatic carbocycles. The van der Waals surface area contributed by atoms with E-state index >= 15 is 0 Å². The molecule has 0 saturated carbocycles. The molecule has 3 aromatic heterocycles. The average Bonchev–Trinajstić information content (AvgIpc) is 3.60. The van der Waals surface area contributed by atoms with Crippen molar-refractivity contribution in [2.75, 3.05) is 56.2 Å². The number of carbonyl (C=O) groups excluding carboxylic acids is 1. The van der Waals surface area contributed by atoms with Crippen LogP contribution in [0.4, 0.5) is 17.6 Å². The minimum Gasteiger partial charge on any atom is -0.395 e. The van der Waals surface area contributed by atoms with Gasteiger partial charge in [0.2, 0.25) is 11.9 Å². The number of piperidine rings is 1. The molecule has 0 spiro atoms. The molecule has 4 saturated heterocycles. The number of rotatable bonds is 7. The fraction of sp³-hybridized carbons (Fsp3) is 0.594. The van der Waals surface area contributed by atoms with Crippen molar-refractivity contribution in [1.29, 1.82) is 0 Å². The Kier molecular flexibility index (Phi) is 7.11. The topological polar surface area (TPSA) is 120 Å². The second-order valence-corrected chi connectivity index (χ2v) is 12.9. The zero-order chi connectivity index (χ0) is 28.9. The first-order chi connectivity index (χ1) is 21.1. The van der Waals surface area contributed by atoms with E-state index in [0.717, 1.165) is 79.2 Å². The van der Waals surface area contributed by atoms with Crippen LogP contribution in [0.1, 0.15) is 61.4 Å². The maximum absolute atomic E-state index is 13.3. The lowest BCUT2D eigenvalue weighted by atomic mass is 9.95. The van der Waals surface area contributed by atoms with Crippen molar-refractivity contribution in [2.45, 2.75) is 69.5 Å². The molecule has 0 unspecified atom stereocenters. The highest BCUT2D eigenvalue weighted by Gasteiger charge is 2.41. The van der Waals surface area contributed by atoms with E-state index in [1.165, 1.54) is 25.7 Å². The Balaban J connectivity index is 1.01. The van der Waals surface area contributed by atoms with Gasteiger partial charge in [0.1, 0.15) is 11.3 Å². The molecule has 11 nitrogen and oxygen atoms in total. The highest BCUT2D eigenvalue weighted by molar-refractivity contribution is 5.90. The first kappa shape index (κ1) is 27.2. The van der Waals surface area contributed by atoms with Gasteiger partial charge in [0.15, 0.2) is 5.82 Å². The molecule has 2 bridgehead atoms. The molecule has 0 aliphatic carbocycles. The molecule has 5 aliphatic rings. The van der Waals surface area contributed by atoms with Gasteiger partial charge >= 0.3 is 0 Å². The monoisotopic (exact) mass is 584 g/mol. The zero-order valence-electron chi connectivity index (χ0n) is 24.6. The SMILES string of the molecule is O=C([C@H]1CCCN(CCO)C1)N1CCc2nc(Nc3ncc4cc(C5COC5)nc(N5C6CCC5CC6)c4n3)ccc2C1. The first-order valence-corrected chi connectivity index (χ1v) is 16.0. The van der Waals surface area contributed by atoms with E-state index in [1.54, 1.807) is 0 Å². The Morgan fingerprint density at radius 2 is 1.88 bits per heavy atom. The van der Waals surface area contributed by atoms with Gasteiger partial charge in [-0.25, -0.2) is 19.9 Å². The fourth-order valence-corrected chi connectivity index (χ4v) is 7.81. The molecule has 43 heavy (non-hydrogen) atoms. The van der Waals surface area contributed by atoms with Crippen molar-refractivity contribution in [2.24, 2.45) is 5.92 Å². The summed E-state index contributed by atoms with van der Waals surface area (Å²) in [6, 6.07) is 7.27. The molecule has 1 atom stereocenters. The molecular formula is C32H40N8O3. The number of nitrogens with zero attached hydrogens (tertiary/aromatic N) is 7. The lowest BCUT2D eigenvalue weighted by molar-refractivity contribution is -0.138. The first-order valence-electron chi connectivity index (χ1n) is 16.0. The second-order valence-electron chi connectivity index (χ2n) is 12.9. The number of likely N-dealkylation sites (tertiary alicyclic amines) is 1. The van der Waals surface area contributed by atoms with Gasteiger partial charge in [-0.1, -0.05) is 6.07 Å². The minimum absolute atomic E-state index is 0.00840. The molecule has 4 fully saturated rings. The molecule has 2 N–H and O–H groups in total. The number of carbonyl (C=O) groups is 1. The maximum Gasteiger partial charge on any atom is 0.229 e. The summed E-state index contributed by atoms with van der Waals surface area (Å²) in [6.45, 7) is 5.19. The Hall–Kier alpha value is -3.41. The number of ether oxygens (including phenoxy) is 1. The van der Waals surface area contributed by atoms with Crippen LogP contribution in [0.2, 0.25) is 0 Å². The summed E-state index contributed by atoms with van der Waals surface area (Å²) in [5.41, 5.74) is 4.09. The lowest BCUT2D eigenvalue weighted by Gasteiger charge is -2.36. The Labute approximate surface area is 251 Å². The van der Waals surface area contributed by atoms with Crippen molar-refractivity contribution in [3.8, 4) is 0 Å². The van der Waals surface area contributed by atoms with E-state index < -0.39 is 0 Å². The second kappa shape index (κ2) is 11.3. The Morgan fingerprint density at radius 1 is 1.05 bits per heavy atom. The maximum atomic E-state index is 13.3. The molecule has 1 amide bonds. The van der Waals surface area contributed by atoms with E-state index in [-0.39, 0.29) is 18.4 Å². The number of hydrogen-bond acceptors (Lipinski definition) is 10. The van der Waals surface area contributed by atoms with Crippen molar-refractivity contribution in [3.05, 3.63) is 41.3 Å². The minimum atomic E-state index is 0.00840. The van der Waals surface area contributed by atoms with Gasteiger partial charge in [-0.15, -0.1) is 0 Å². The van der Waals surface area contributed by atoms with Gasteiger partial charge < -0.3 is 29.9 Å². The van der Waals surface area contributed by atoms with E-state index in [2.05, 4.69) is 32.2 Å². The quantitative estimate of drug-likeness (QED) is 0.429. The van der Waals surface area contributed by atoms with Crippen LogP contribution in [0.25, 0.3) is 10.9 Å². The smallest absolute Gasteiger partial charge is 0.229 e. The third kappa shape index (κ3) is 5.11. The Bertz CT molecular complexity index is 1510. The molecule has 226 valence electrons. The van der Waals surface area contributed by atoms with Gasteiger partial charge in [-0.2, -0.15) is 0 Å². The van der Waals surface area contributed by atoms with Crippen molar-refractivity contribution in [1.82, 2.24) is 29.7 Å². The number of aliphatic hydroxyl groups is 1. The van der Waals surface area contributed by atoms with Crippen LogP contribution in [0.15, 0.2) is 24.4 Å². The van der Waals surface area contributed by atoms with Gasteiger partial charge in [-0.3, -0.25) is 4.79 Å². The Morgan fingerprint density at radius 3 is 2.65 bits per heavy atom. The van der Waals surface area contributed by atoms with Crippen LogP contribution in [0, 0.1) is 5.92 Å². The van der Waals surface area contributed by atoms with E-state index in [9.17, 15) is 9.90 Å². The molecule has 5 aliphatic heterocycles. The molecular weight excluding hydrogens is 544 g/mol. The van der Waals surface area contributed by atoms with Gasteiger partial charge in [0, 0.05) is 67.9 Å². The summed E-state index contributed by atoms with van der Waals surface area (Å²) in [4.78, 5) is 39.8. The number of nitrogens with one attached hydrogen (secondary N) is 1. The van der Waals surface area contributed by atoms with Gasteiger partial charge in [-0.05, 0) is 62.8 Å². The number of aromatic nitrogens is 4. The number of amides is 1. The van der Waals surface area contributed by atoms with Crippen molar-refractivity contribution >= 4 is 34.4 Å². The third-order valence-electron chi connectivity index (χ3n) is 10.2. The van der Waals surface area contributed by atoms with Crippen LogP contribution in [0.5, 0.6) is 0 Å². The van der Waals surface area contributed by atoms with Crippen LogP contribution in [-0.4, -0.2) is 98.8 Å². The number of fused-ring (bicyclic) bond motifs is 4. The lowest BCUT2D eigenvalue weighted by Crippen LogP contribution is -2.46. The van der Waals surface area contributed by atoms with Crippen LogP contribution >= 0.6 is 0 Å². The van der Waals surface area contributed by atoms with Gasteiger partial charge in [0.25, 0.3) is 0 Å². The number of hydrogen-bond donors (Lipinski definition) is 2. The van der Waals surface area contributed by atoms with Crippen molar-refractivity contribution < 1.29 is 14.6 Å². The predicted octanol–water partition coefficient (Wildman–Crippen LogP) is 3.00. The highest BCUT2D eigenvalue weighted by Crippen LogP contribution is 2.43. The summed E-state index contributed by atoms with van der Waals surface area (Å²) in [5.74, 6) is 2.81. The standard InChI is InChI=1S/C32H40N8O3/c41-13-12-38-10-1-2-21(16-38)31(42)39-11-9-26-20(17-39)3-8-28(34-26)36-32-33-15-22-14-27(23-18-43-19-23)35-30(29(22)37-32)40-24-4-5-25(40)7-6-24/h3,8,14-15,21,23-25,41H,1-2,4-7,9-13,16-19H2,(H,33,34,36,37)/t21-,24?,25?/m0/s1. The number of anilines is 3. The zero-order valence-corrected chi connectivity index (χ0v) is 24.6. The highest BCUT2D eigenvalue weighted by atomic mass is 16.5. The normalized spacial score (nSPS) is 25.7. The van der Waals surface area contributed by atoms with Crippen LogP contribution in [-0.2, 0) is 22.5 Å². The molecule has 8 heterocycles. The summed E-state index contributed by atoms with van der Waals surface area (Å²) in [5, 5.41) is 13.7. The van der Waals surface area contributed by atoms with E-state index in [1.807, 2.05) is 17.2 Å². The average molecular weight is 585 g/mol. The number of pyridine rings is 2. The summed E-state index contributed by atoms with van der Waals surface area (Å²) >= 11 is 0. The predicted molar refractivity (Wildman–Crippen MR) is 162 cm³/mol. The van der Waals surface area contributed by atoms with Crippen molar-refractivity contribution in [3.63, 3.8) is 0 Å².